The maximum absolute atomic E-state index is 4.09. The fourth-order valence-corrected chi connectivity index (χ4v) is 1.43. The molecule has 0 spiro atoms. The Morgan fingerprint density at radius 3 is 3.00 bits per heavy atom. The smallest absolute Gasteiger partial charge is 0.117 e. The van der Waals surface area contributed by atoms with Gasteiger partial charge in [-0.3, -0.25) is 0 Å². The minimum Gasteiger partial charge on any atom is -0.385 e. The summed E-state index contributed by atoms with van der Waals surface area (Å²) in [5, 5.41) is 14.0. The van der Waals surface area contributed by atoms with Crippen molar-refractivity contribution in [2.75, 3.05) is 11.9 Å². The van der Waals surface area contributed by atoms with E-state index in [2.05, 4.69) is 27.7 Å². The van der Waals surface area contributed by atoms with Crippen LogP contribution < -0.4 is 5.32 Å². The molecular formula is C9H12N4. The lowest BCUT2D eigenvalue weighted by Crippen LogP contribution is -1.98. The molecule has 0 amide bonds. The van der Waals surface area contributed by atoms with E-state index in [0.29, 0.717) is 0 Å². The molecule has 1 aromatic heterocycles. The van der Waals surface area contributed by atoms with E-state index in [1.54, 1.807) is 0 Å². The minimum atomic E-state index is 0.916. The van der Waals surface area contributed by atoms with Crippen LogP contribution in [-0.2, 0) is 0 Å². The number of nitrogens with one attached hydrogen (secondary N) is 2. The average molecular weight is 176 g/mol. The molecule has 0 radical (unpaired) electrons. The van der Waals surface area contributed by atoms with E-state index in [9.17, 15) is 0 Å². The highest BCUT2D eigenvalue weighted by Crippen LogP contribution is 2.21. The van der Waals surface area contributed by atoms with Crippen LogP contribution in [0.15, 0.2) is 12.1 Å². The Morgan fingerprint density at radius 1 is 1.38 bits per heavy atom. The molecule has 0 bridgehead atoms. The summed E-state index contributed by atoms with van der Waals surface area (Å²) in [5.41, 5.74) is 4.13. The number of nitrogens with zero attached hydrogens (tertiary/aromatic N) is 2. The molecule has 1 aromatic carbocycles. The average Bonchev–Trinajstić information content (AvgIpc) is 2.58. The zero-order valence-electron chi connectivity index (χ0n) is 7.76. The van der Waals surface area contributed by atoms with Crippen LogP contribution in [0.5, 0.6) is 0 Å². The number of fused-ring (bicyclic) bond motifs is 1. The van der Waals surface area contributed by atoms with Crippen LogP contribution in [0.3, 0.4) is 0 Å². The van der Waals surface area contributed by atoms with E-state index in [4.69, 9.17) is 0 Å². The van der Waals surface area contributed by atoms with Crippen molar-refractivity contribution in [1.82, 2.24) is 15.4 Å². The molecule has 2 rings (SSSR count). The number of aromatic nitrogens is 3. The summed E-state index contributed by atoms with van der Waals surface area (Å²) in [4.78, 5) is 0. The highest BCUT2D eigenvalue weighted by molar-refractivity contribution is 5.82. The summed E-state index contributed by atoms with van der Waals surface area (Å²) < 4.78 is 0. The first kappa shape index (κ1) is 8.04. The largest absolute Gasteiger partial charge is 0.385 e. The van der Waals surface area contributed by atoms with Crippen molar-refractivity contribution in [3.05, 3.63) is 17.7 Å². The van der Waals surface area contributed by atoms with Gasteiger partial charge in [-0.15, -0.1) is 0 Å². The lowest BCUT2D eigenvalue weighted by molar-refractivity contribution is 0.958. The number of benzene rings is 1. The van der Waals surface area contributed by atoms with Crippen molar-refractivity contribution >= 4 is 16.7 Å². The van der Waals surface area contributed by atoms with Crippen LogP contribution in [-0.4, -0.2) is 22.0 Å². The number of hydrogen-bond donors (Lipinski definition) is 2. The van der Waals surface area contributed by atoms with Gasteiger partial charge in [0.2, 0.25) is 0 Å². The Hall–Kier alpha value is -1.58. The number of H-pyrrole nitrogens is 1. The number of aryl methyl sites for hydroxylation is 1. The van der Waals surface area contributed by atoms with Gasteiger partial charge >= 0.3 is 0 Å². The summed E-state index contributed by atoms with van der Waals surface area (Å²) in [5.74, 6) is 0. The first-order valence-electron chi connectivity index (χ1n) is 4.37. The van der Waals surface area contributed by atoms with Crippen molar-refractivity contribution in [3.63, 3.8) is 0 Å². The molecule has 0 saturated heterocycles. The van der Waals surface area contributed by atoms with Crippen LogP contribution in [0.1, 0.15) is 12.5 Å². The fraction of sp³-hybridized carbons (Fsp3) is 0.333. The second-order valence-electron chi connectivity index (χ2n) is 2.96. The number of aromatic amines is 1. The van der Waals surface area contributed by atoms with Gasteiger partial charge in [-0.2, -0.15) is 15.4 Å². The van der Waals surface area contributed by atoms with Crippen LogP contribution in [0.4, 0.5) is 5.69 Å². The van der Waals surface area contributed by atoms with Gasteiger partial charge in [0.25, 0.3) is 0 Å². The second kappa shape index (κ2) is 3.05. The van der Waals surface area contributed by atoms with Crippen LogP contribution in [0.25, 0.3) is 11.0 Å². The van der Waals surface area contributed by atoms with E-state index in [1.807, 2.05) is 19.1 Å². The summed E-state index contributed by atoms with van der Waals surface area (Å²) in [6.07, 6.45) is 0. The Labute approximate surface area is 76.3 Å². The second-order valence-corrected chi connectivity index (χ2v) is 2.96. The lowest BCUT2D eigenvalue weighted by atomic mass is 10.1. The van der Waals surface area contributed by atoms with Crippen LogP contribution in [0.2, 0.25) is 0 Å². The van der Waals surface area contributed by atoms with Gasteiger partial charge in [-0.05, 0) is 26.0 Å². The summed E-state index contributed by atoms with van der Waals surface area (Å²) in [6, 6.07) is 3.99. The van der Waals surface area contributed by atoms with Gasteiger partial charge in [0, 0.05) is 17.8 Å². The van der Waals surface area contributed by atoms with E-state index in [0.717, 1.165) is 28.8 Å². The Kier molecular flexibility index (Phi) is 1.88. The molecule has 0 aliphatic carbocycles. The predicted octanol–water partition coefficient (Wildman–Crippen LogP) is 1.70. The van der Waals surface area contributed by atoms with Gasteiger partial charge in [0.1, 0.15) is 11.0 Å². The quantitative estimate of drug-likeness (QED) is 0.732. The highest BCUT2D eigenvalue weighted by atomic mass is 15.3. The zero-order chi connectivity index (χ0) is 9.26. The Morgan fingerprint density at radius 2 is 2.23 bits per heavy atom. The van der Waals surface area contributed by atoms with E-state index >= 15 is 0 Å². The van der Waals surface area contributed by atoms with Crippen LogP contribution >= 0.6 is 0 Å². The molecule has 68 valence electrons. The minimum absolute atomic E-state index is 0.916. The number of rotatable bonds is 2. The third kappa shape index (κ3) is 1.24. The summed E-state index contributed by atoms with van der Waals surface area (Å²) in [6.45, 7) is 5.04. The normalized spacial score (nSPS) is 10.6. The van der Waals surface area contributed by atoms with Crippen molar-refractivity contribution in [2.24, 2.45) is 0 Å². The lowest BCUT2D eigenvalue weighted by Gasteiger charge is -2.05. The SMILES string of the molecule is CCNc1ccc2n[nH]nc2c1C. The Bertz CT molecular complexity index is 418. The molecule has 2 N–H and O–H groups in total. The number of anilines is 1. The molecule has 0 atom stereocenters. The van der Waals surface area contributed by atoms with Gasteiger partial charge in [0.05, 0.1) is 0 Å². The molecule has 1 heterocycles. The Balaban J connectivity index is 2.59. The van der Waals surface area contributed by atoms with E-state index < -0.39 is 0 Å². The zero-order valence-corrected chi connectivity index (χ0v) is 7.76. The van der Waals surface area contributed by atoms with Crippen molar-refractivity contribution in [1.29, 1.82) is 0 Å². The first-order chi connectivity index (χ1) is 6.33. The van der Waals surface area contributed by atoms with Gasteiger partial charge in [0.15, 0.2) is 0 Å². The molecular weight excluding hydrogens is 164 g/mol. The van der Waals surface area contributed by atoms with Gasteiger partial charge < -0.3 is 5.32 Å². The third-order valence-electron chi connectivity index (χ3n) is 2.11. The van der Waals surface area contributed by atoms with Gasteiger partial charge in [-0.25, -0.2) is 0 Å². The van der Waals surface area contributed by atoms with E-state index in [1.165, 1.54) is 0 Å². The van der Waals surface area contributed by atoms with Crippen molar-refractivity contribution < 1.29 is 0 Å². The molecule has 2 aromatic rings. The van der Waals surface area contributed by atoms with E-state index in [-0.39, 0.29) is 0 Å². The number of hydrogen-bond acceptors (Lipinski definition) is 3. The standard InChI is InChI=1S/C9H12N4/c1-3-10-7-4-5-8-9(6(7)2)12-13-11-8/h4-5,10H,3H2,1-2H3,(H,11,12,13). The summed E-state index contributed by atoms with van der Waals surface area (Å²) >= 11 is 0. The molecule has 0 aliphatic heterocycles. The maximum atomic E-state index is 4.09. The highest BCUT2D eigenvalue weighted by Gasteiger charge is 2.04. The molecule has 4 heteroatoms. The van der Waals surface area contributed by atoms with Crippen molar-refractivity contribution in [2.45, 2.75) is 13.8 Å². The molecule has 0 aliphatic rings. The van der Waals surface area contributed by atoms with Crippen LogP contribution in [0, 0.1) is 6.92 Å². The molecule has 0 fully saturated rings. The summed E-state index contributed by atoms with van der Waals surface area (Å²) in [7, 11) is 0. The van der Waals surface area contributed by atoms with Gasteiger partial charge in [-0.1, -0.05) is 0 Å². The van der Waals surface area contributed by atoms with Crippen molar-refractivity contribution in [3.8, 4) is 0 Å². The fourth-order valence-electron chi connectivity index (χ4n) is 1.43. The molecule has 0 unspecified atom stereocenters. The maximum Gasteiger partial charge on any atom is 0.117 e. The first-order valence-corrected chi connectivity index (χ1v) is 4.37. The molecule has 13 heavy (non-hydrogen) atoms. The molecule has 0 saturated carbocycles. The monoisotopic (exact) mass is 176 g/mol. The predicted molar refractivity (Wildman–Crippen MR) is 52.8 cm³/mol. The topological polar surface area (TPSA) is 53.6 Å². The third-order valence-corrected chi connectivity index (χ3v) is 2.11. The molecule has 4 nitrogen and oxygen atoms in total.